The van der Waals surface area contributed by atoms with E-state index in [-0.39, 0.29) is 12.0 Å². The van der Waals surface area contributed by atoms with Crippen molar-refractivity contribution in [1.29, 1.82) is 0 Å². The number of aryl methyl sites for hydroxylation is 1. The van der Waals surface area contributed by atoms with Gasteiger partial charge in [-0.05, 0) is 31.7 Å². The molecule has 13 heavy (non-hydrogen) atoms. The lowest BCUT2D eigenvalue weighted by Gasteiger charge is -2.18. The van der Waals surface area contributed by atoms with E-state index in [9.17, 15) is 0 Å². The summed E-state index contributed by atoms with van der Waals surface area (Å²) in [5.41, 5.74) is 8.44. The Labute approximate surface area is 81.0 Å². The van der Waals surface area contributed by atoms with Crippen LogP contribution in [-0.2, 0) is 0 Å². The molecule has 0 aliphatic heterocycles. The Bertz CT molecular complexity index is 250. The number of hydrogen-bond donors (Lipinski definition) is 1. The Morgan fingerprint density at radius 3 is 2.31 bits per heavy atom. The highest BCUT2D eigenvalue weighted by molar-refractivity contribution is 5.26. The van der Waals surface area contributed by atoms with E-state index >= 15 is 0 Å². The fraction of sp³-hybridized carbons (Fsp3) is 0.417. The Kier molecular flexibility index (Phi) is 3.49. The van der Waals surface area contributed by atoms with Crippen LogP contribution in [0.25, 0.3) is 0 Å². The van der Waals surface area contributed by atoms with Crippen LogP contribution in [0.2, 0.25) is 0 Å². The average Bonchev–Trinajstić information content (AvgIpc) is 2.17. The molecule has 1 heteroatoms. The zero-order chi connectivity index (χ0) is 9.84. The Morgan fingerprint density at radius 1 is 1.31 bits per heavy atom. The summed E-state index contributed by atoms with van der Waals surface area (Å²) in [7, 11) is 0. The quantitative estimate of drug-likeness (QED) is 0.752. The summed E-state index contributed by atoms with van der Waals surface area (Å²) in [6, 6.07) is 8.61. The van der Waals surface area contributed by atoms with Gasteiger partial charge in [0.05, 0.1) is 0 Å². The van der Waals surface area contributed by atoms with Crippen LogP contribution in [0, 0.1) is 13.8 Å². The van der Waals surface area contributed by atoms with Crippen LogP contribution in [0.5, 0.6) is 0 Å². The molecule has 0 fully saturated rings. The molecule has 1 rings (SSSR count). The molecule has 0 saturated heterocycles. The number of benzene rings is 1. The summed E-state index contributed by atoms with van der Waals surface area (Å²) in [5, 5.41) is 0. The van der Waals surface area contributed by atoms with Gasteiger partial charge in [-0.25, -0.2) is 0 Å². The van der Waals surface area contributed by atoms with E-state index in [1.54, 1.807) is 0 Å². The average molecular weight is 176 g/mol. The molecule has 2 atom stereocenters. The molecule has 2 unspecified atom stereocenters. The Balaban J connectivity index is 2.77. The van der Waals surface area contributed by atoms with Crippen LogP contribution in [0.3, 0.4) is 0 Å². The lowest BCUT2D eigenvalue weighted by Crippen LogP contribution is -2.25. The smallest absolute Gasteiger partial charge is 0.0105 e. The van der Waals surface area contributed by atoms with Crippen molar-refractivity contribution < 1.29 is 0 Å². The molecule has 2 N–H and O–H groups in total. The first-order chi connectivity index (χ1) is 6.15. The van der Waals surface area contributed by atoms with Crippen LogP contribution in [0.4, 0.5) is 0 Å². The van der Waals surface area contributed by atoms with Gasteiger partial charge in [0, 0.05) is 6.04 Å². The lowest BCUT2D eigenvalue weighted by atomic mass is 9.92. The second-order valence-electron chi connectivity index (χ2n) is 3.59. The zero-order valence-corrected chi connectivity index (χ0v) is 8.46. The van der Waals surface area contributed by atoms with E-state index < -0.39 is 0 Å². The zero-order valence-electron chi connectivity index (χ0n) is 8.46. The highest BCUT2D eigenvalue weighted by atomic mass is 14.6. The van der Waals surface area contributed by atoms with Gasteiger partial charge in [-0.15, -0.1) is 0 Å². The summed E-state index contributed by atoms with van der Waals surface area (Å²) < 4.78 is 0. The first-order valence-corrected chi connectivity index (χ1v) is 4.80. The maximum atomic E-state index is 5.92. The van der Waals surface area contributed by atoms with E-state index in [2.05, 4.69) is 45.0 Å². The summed E-state index contributed by atoms with van der Waals surface area (Å²) in [5.74, 6) is 0.214. The topological polar surface area (TPSA) is 26.0 Å². The standard InChI is InChI=1S/C12H18N/c1-4-12(13)10(3)11-7-5-9(2)6-8-11/h5-8,10,12H,3-4,13H2,1-2H3. The molecule has 71 valence electrons. The summed E-state index contributed by atoms with van der Waals surface area (Å²) in [6.45, 7) is 8.26. The van der Waals surface area contributed by atoms with Crippen molar-refractivity contribution in [2.45, 2.75) is 32.2 Å². The molecular formula is C12H18N. The van der Waals surface area contributed by atoms with Crippen molar-refractivity contribution in [3.63, 3.8) is 0 Å². The van der Waals surface area contributed by atoms with E-state index in [0.717, 1.165) is 6.42 Å². The molecule has 1 nitrogen and oxygen atoms in total. The van der Waals surface area contributed by atoms with E-state index in [1.165, 1.54) is 11.1 Å². The minimum absolute atomic E-state index is 0.169. The van der Waals surface area contributed by atoms with Crippen molar-refractivity contribution in [3.8, 4) is 0 Å². The molecule has 0 saturated carbocycles. The highest BCUT2D eigenvalue weighted by Gasteiger charge is 2.12. The predicted octanol–water partition coefficient (Wildman–Crippen LogP) is 2.65. The first-order valence-electron chi connectivity index (χ1n) is 4.80. The van der Waals surface area contributed by atoms with Crippen molar-refractivity contribution in [3.05, 3.63) is 42.3 Å². The maximum absolute atomic E-state index is 5.92. The molecule has 0 aliphatic rings. The molecular weight excluding hydrogens is 158 g/mol. The van der Waals surface area contributed by atoms with E-state index in [1.807, 2.05) is 0 Å². The minimum Gasteiger partial charge on any atom is -0.327 e. The molecule has 0 heterocycles. The first kappa shape index (κ1) is 10.3. The third-order valence-corrected chi connectivity index (χ3v) is 2.49. The molecule has 1 radical (unpaired) electrons. The number of hydrogen-bond acceptors (Lipinski definition) is 1. The second kappa shape index (κ2) is 4.43. The third kappa shape index (κ3) is 2.56. The summed E-state index contributed by atoms with van der Waals surface area (Å²) >= 11 is 0. The second-order valence-corrected chi connectivity index (χ2v) is 3.59. The normalized spacial score (nSPS) is 15.4. The van der Waals surface area contributed by atoms with Crippen molar-refractivity contribution in [2.24, 2.45) is 5.73 Å². The maximum Gasteiger partial charge on any atom is 0.0105 e. The predicted molar refractivity (Wildman–Crippen MR) is 57.5 cm³/mol. The van der Waals surface area contributed by atoms with Gasteiger partial charge in [0.15, 0.2) is 0 Å². The molecule has 0 aliphatic carbocycles. The fourth-order valence-electron chi connectivity index (χ4n) is 1.35. The fourth-order valence-corrected chi connectivity index (χ4v) is 1.35. The van der Waals surface area contributed by atoms with Gasteiger partial charge >= 0.3 is 0 Å². The van der Waals surface area contributed by atoms with Crippen molar-refractivity contribution in [1.82, 2.24) is 0 Å². The summed E-state index contributed by atoms with van der Waals surface area (Å²) in [4.78, 5) is 0. The SMILES string of the molecule is [CH2]C(c1ccc(C)cc1)C(N)CC. The highest BCUT2D eigenvalue weighted by Crippen LogP contribution is 2.19. The van der Waals surface area contributed by atoms with E-state index in [4.69, 9.17) is 5.73 Å². The molecule has 0 spiro atoms. The van der Waals surface area contributed by atoms with Crippen molar-refractivity contribution in [2.75, 3.05) is 0 Å². The van der Waals surface area contributed by atoms with Crippen molar-refractivity contribution >= 4 is 0 Å². The third-order valence-electron chi connectivity index (χ3n) is 2.49. The van der Waals surface area contributed by atoms with Gasteiger partial charge in [-0.3, -0.25) is 0 Å². The minimum atomic E-state index is 0.169. The molecule has 1 aromatic rings. The van der Waals surface area contributed by atoms with Gasteiger partial charge in [0.1, 0.15) is 0 Å². The van der Waals surface area contributed by atoms with Crippen LogP contribution in [0.15, 0.2) is 24.3 Å². The van der Waals surface area contributed by atoms with Gasteiger partial charge in [-0.1, -0.05) is 36.8 Å². The largest absolute Gasteiger partial charge is 0.327 e. The number of rotatable bonds is 3. The van der Waals surface area contributed by atoms with Crippen LogP contribution >= 0.6 is 0 Å². The molecule has 0 bridgehead atoms. The van der Waals surface area contributed by atoms with Crippen LogP contribution in [0.1, 0.15) is 30.4 Å². The van der Waals surface area contributed by atoms with Crippen LogP contribution < -0.4 is 5.73 Å². The van der Waals surface area contributed by atoms with Gasteiger partial charge in [-0.2, -0.15) is 0 Å². The Hall–Kier alpha value is -0.820. The molecule has 1 aromatic carbocycles. The van der Waals surface area contributed by atoms with E-state index in [0.29, 0.717) is 0 Å². The van der Waals surface area contributed by atoms with Gasteiger partial charge in [0.2, 0.25) is 0 Å². The van der Waals surface area contributed by atoms with Gasteiger partial charge < -0.3 is 5.73 Å². The lowest BCUT2D eigenvalue weighted by molar-refractivity contribution is 0.586. The monoisotopic (exact) mass is 176 g/mol. The molecule has 0 aromatic heterocycles. The number of nitrogens with two attached hydrogens (primary N) is 1. The van der Waals surface area contributed by atoms with Crippen LogP contribution in [-0.4, -0.2) is 6.04 Å². The Morgan fingerprint density at radius 2 is 1.85 bits per heavy atom. The molecule has 0 amide bonds. The summed E-state index contributed by atoms with van der Waals surface area (Å²) in [6.07, 6.45) is 0.974. The van der Waals surface area contributed by atoms with Gasteiger partial charge in [0.25, 0.3) is 0 Å².